The van der Waals surface area contributed by atoms with Gasteiger partial charge in [-0.1, -0.05) is 11.6 Å². The van der Waals surface area contributed by atoms with Crippen molar-refractivity contribution in [1.82, 2.24) is 0 Å². The lowest BCUT2D eigenvalue weighted by molar-refractivity contribution is -0.152. The van der Waals surface area contributed by atoms with Crippen LogP contribution in [0.1, 0.15) is 19.8 Å². The first-order valence-electron chi connectivity index (χ1n) is 5.83. The molecular formula is C13H14ClNO3. The van der Waals surface area contributed by atoms with Gasteiger partial charge in [-0.25, -0.2) is 0 Å². The van der Waals surface area contributed by atoms with Gasteiger partial charge in [0.15, 0.2) is 0 Å². The minimum absolute atomic E-state index is 0.287. The van der Waals surface area contributed by atoms with Gasteiger partial charge in [0, 0.05) is 10.7 Å². The normalized spacial score (nSPS) is 15.9. The summed E-state index contributed by atoms with van der Waals surface area (Å²) in [6.45, 7) is 2.01. The Balaban J connectivity index is 2.04. The molecule has 1 aromatic rings. The summed E-state index contributed by atoms with van der Waals surface area (Å²) < 4.78 is 4.93. The number of carbonyl (C=O) groups is 2. The van der Waals surface area contributed by atoms with E-state index in [1.54, 1.807) is 31.2 Å². The van der Waals surface area contributed by atoms with Crippen LogP contribution in [0.5, 0.6) is 0 Å². The first-order valence-corrected chi connectivity index (χ1v) is 6.20. The fourth-order valence-corrected chi connectivity index (χ4v) is 1.83. The minimum Gasteiger partial charge on any atom is -0.465 e. The van der Waals surface area contributed by atoms with Gasteiger partial charge in [0.1, 0.15) is 5.41 Å². The second-order valence-electron chi connectivity index (χ2n) is 4.26. The molecule has 18 heavy (non-hydrogen) atoms. The van der Waals surface area contributed by atoms with Gasteiger partial charge < -0.3 is 10.1 Å². The molecule has 1 amide bonds. The Morgan fingerprint density at radius 2 is 1.94 bits per heavy atom. The second kappa shape index (κ2) is 4.98. The number of amides is 1. The molecule has 1 aliphatic carbocycles. The monoisotopic (exact) mass is 267 g/mol. The number of halogens is 1. The lowest BCUT2D eigenvalue weighted by Crippen LogP contribution is -2.32. The number of ether oxygens (including phenoxy) is 1. The summed E-state index contributed by atoms with van der Waals surface area (Å²) in [6.07, 6.45) is 1.09. The van der Waals surface area contributed by atoms with Crippen molar-refractivity contribution >= 4 is 29.2 Å². The lowest BCUT2D eigenvalue weighted by atomic mass is 10.1. The van der Waals surface area contributed by atoms with Gasteiger partial charge in [-0.05, 0) is 44.0 Å². The standard InChI is InChI=1S/C13H14ClNO3/c1-2-18-12(17)13(7-8-13)11(16)15-10-5-3-9(14)4-6-10/h3-6H,2,7-8H2,1H3,(H,15,16). The predicted octanol–water partition coefficient (Wildman–Crippen LogP) is 2.62. The Hall–Kier alpha value is -1.55. The molecule has 1 aromatic carbocycles. The Bertz CT molecular complexity index is 466. The third-order valence-electron chi connectivity index (χ3n) is 2.95. The third kappa shape index (κ3) is 2.48. The number of nitrogens with one attached hydrogen (secondary N) is 1. The minimum atomic E-state index is -0.977. The van der Waals surface area contributed by atoms with Gasteiger partial charge >= 0.3 is 5.97 Å². The molecule has 1 saturated carbocycles. The van der Waals surface area contributed by atoms with Crippen LogP contribution in [0.15, 0.2) is 24.3 Å². The zero-order chi connectivity index (χ0) is 13.2. The van der Waals surface area contributed by atoms with Crippen LogP contribution in [0, 0.1) is 5.41 Å². The molecule has 0 aliphatic heterocycles. The smallest absolute Gasteiger partial charge is 0.321 e. The summed E-state index contributed by atoms with van der Waals surface area (Å²) in [4.78, 5) is 23.8. The highest BCUT2D eigenvalue weighted by Gasteiger charge is 2.58. The van der Waals surface area contributed by atoms with Crippen molar-refractivity contribution in [2.24, 2.45) is 5.41 Å². The molecule has 1 aliphatic rings. The molecule has 0 radical (unpaired) electrons. The summed E-state index contributed by atoms with van der Waals surface area (Å²) >= 11 is 5.76. The highest BCUT2D eigenvalue weighted by molar-refractivity contribution is 6.30. The van der Waals surface area contributed by atoms with E-state index in [9.17, 15) is 9.59 Å². The van der Waals surface area contributed by atoms with Gasteiger partial charge in [-0.3, -0.25) is 9.59 Å². The molecule has 5 heteroatoms. The molecule has 0 aromatic heterocycles. The summed E-state index contributed by atoms with van der Waals surface area (Å²) in [6, 6.07) is 6.76. The van der Waals surface area contributed by atoms with Gasteiger partial charge in [-0.15, -0.1) is 0 Å². The molecule has 4 nitrogen and oxygen atoms in total. The Kier molecular flexibility index (Phi) is 3.57. The van der Waals surface area contributed by atoms with Gasteiger partial charge in [0.2, 0.25) is 5.91 Å². The molecule has 0 bridgehead atoms. The average molecular weight is 268 g/mol. The van der Waals surface area contributed by atoms with E-state index in [0.29, 0.717) is 23.6 Å². The van der Waals surface area contributed by atoms with Crippen LogP contribution in [0.3, 0.4) is 0 Å². The first kappa shape index (κ1) is 12.9. The molecule has 1 N–H and O–H groups in total. The van der Waals surface area contributed by atoms with Gasteiger partial charge in [-0.2, -0.15) is 0 Å². The second-order valence-corrected chi connectivity index (χ2v) is 4.70. The molecule has 0 heterocycles. The fourth-order valence-electron chi connectivity index (χ4n) is 1.70. The van der Waals surface area contributed by atoms with E-state index in [1.165, 1.54) is 0 Å². The molecule has 0 saturated heterocycles. The van der Waals surface area contributed by atoms with E-state index < -0.39 is 11.4 Å². The van der Waals surface area contributed by atoms with Crippen molar-refractivity contribution in [1.29, 1.82) is 0 Å². The van der Waals surface area contributed by atoms with E-state index in [4.69, 9.17) is 16.3 Å². The summed E-state index contributed by atoms with van der Waals surface area (Å²) in [5, 5.41) is 3.31. The van der Waals surface area contributed by atoms with Crippen molar-refractivity contribution in [2.75, 3.05) is 11.9 Å². The van der Waals surface area contributed by atoms with Crippen LogP contribution >= 0.6 is 11.6 Å². The topological polar surface area (TPSA) is 55.4 Å². The number of benzene rings is 1. The zero-order valence-corrected chi connectivity index (χ0v) is 10.8. The Labute approximate surface area is 110 Å². The maximum atomic E-state index is 12.1. The molecule has 0 spiro atoms. The van der Waals surface area contributed by atoms with E-state index >= 15 is 0 Å². The first-order chi connectivity index (χ1) is 8.58. The average Bonchev–Trinajstić information content (AvgIpc) is 3.14. The van der Waals surface area contributed by atoms with Gasteiger partial charge in [0.25, 0.3) is 0 Å². The quantitative estimate of drug-likeness (QED) is 0.674. The SMILES string of the molecule is CCOC(=O)C1(C(=O)Nc2ccc(Cl)cc2)CC1. The number of carbonyl (C=O) groups excluding carboxylic acids is 2. The fraction of sp³-hybridized carbons (Fsp3) is 0.385. The van der Waals surface area contributed by atoms with Crippen molar-refractivity contribution in [2.45, 2.75) is 19.8 Å². The molecule has 0 atom stereocenters. The molecule has 1 fully saturated rings. The Morgan fingerprint density at radius 1 is 1.33 bits per heavy atom. The molecule has 96 valence electrons. The predicted molar refractivity (Wildman–Crippen MR) is 68.4 cm³/mol. The largest absolute Gasteiger partial charge is 0.465 e. The van der Waals surface area contributed by atoms with E-state index in [2.05, 4.69) is 5.32 Å². The van der Waals surface area contributed by atoms with Crippen LogP contribution in [-0.2, 0) is 14.3 Å². The van der Waals surface area contributed by atoms with Crippen LogP contribution < -0.4 is 5.32 Å². The third-order valence-corrected chi connectivity index (χ3v) is 3.20. The van der Waals surface area contributed by atoms with Crippen molar-refractivity contribution < 1.29 is 14.3 Å². The zero-order valence-electron chi connectivity index (χ0n) is 10.0. The number of esters is 1. The number of hydrogen-bond acceptors (Lipinski definition) is 3. The van der Waals surface area contributed by atoms with E-state index in [1.807, 2.05) is 0 Å². The van der Waals surface area contributed by atoms with E-state index in [0.717, 1.165) is 0 Å². The van der Waals surface area contributed by atoms with Crippen LogP contribution in [-0.4, -0.2) is 18.5 Å². The van der Waals surface area contributed by atoms with Crippen LogP contribution in [0.4, 0.5) is 5.69 Å². The Morgan fingerprint density at radius 3 is 2.44 bits per heavy atom. The van der Waals surface area contributed by atoms with Crippen LogP contribution in [0.2, 0.25) is 5.02 Å². The van der Waals surface area contributed by atoms with Crippen molar-refractivity contribution in [3.8, 4) is 0 Å². The summed E-state index contributed by atoms with van der Waals surface area (Å²) in [5.74, 6) is -0.736. The molecule has 0 unspecified atom stereocenters. The maximum absolute atomic E-state index is 12.1. The van der Waals surface area contributed by atoms with E-state index in [-0.39, 0.29) is 12.5 Å². The van der Waals surface area contributed by atoms with Crippen molar-refractivity contribution in [3.05, 3.63) is 29.3 Å². The highest BCUT2D eigenvalue weighted by atomic mass is 35.5. The van der Waals surface area contributed by atoms with Crippen molar-refractivity contribution in [3.63, 3.8) is 0 Å². The summed E-state index contributed by atoms with van der Waals surface area (Å²) in [5.41, 5.74) is -0.352. The highest BCUT2D eigenvalue weighted by Crippen LogP contribution is 2.47. The molecule has 2 rings (SSSR count). The number of anilines is 1. The van der Waals surface area contributed by atoms with Crippen LogP contribution in [0.25, 0.3) is 0 Å². The van der Waals surface area contributed by atoms with Gasteiger partial charge in [0.05, 0.1) is 6.61 Å². The maximum Gasteiger partial charge on any atom is 0.321 e. The number of rotatable bonds is 4. The molecular weight excluding hydrogens is 254 g/mol. The number of hydrogen-bond donors (Lipinski definition) is 1. The summed E-state index contributed by atoms with van der Waals surface area (Å²) in [7, 11) is 0. The lowest BCUT2D eigenvalue weighted by Gasteiger charge is -2.13.